The van der Waals surface area contributed by atoms with Crippen molar-refractivity contribution in [3.63, 3.8) is 0 Å². The molecule has 1 heterocycles. The van der Waals surface area contributed by atoms with Crippen LogP contribution in [0.1, 0.15) is 12.5 Å². The fourth-order valence-corrected chi connectivity index (χ4v) is 3.98. The molecule has 0 unspecified atom stereocenters. The molecule has 1 aliphatic heterocycles. The van der Waals surface area contributed by atoms with Crippen molar-refractivity contribution >= 4 is 40.6 Å². The Morgan fingerprint density at radius 3 is 2.41 bits per heavy atom. The molecule has 2 amide bonds. The van der Waals surface area contributed by atoms with Gasteiger partial charge in [0.05, 0.1) is 30.6 Å². The molecular formula is C22H20N2O9S. The van der Waals surface area contributed by atoms with Crippen LogP contribution in [0.4, 0.5) is 10.5 Å². The van der Waals surface area contributed by atoms with E-state index in [-0.39, 0.29) is 35.1 Å². The summed E-state index contributed by atoms with van der Waals surface area (Å²) in [6.45, 7) is 1.14. The van der Waals surface area contributed by atoms with Crippen LogP contribution in [0.2, 0.25) is 0 Å². The van der Waals surface area contributed by atoms with Gasteiger partial charge in [0.2, 0.25) is 11.5 Å². The number of amides is 2. The Bertz CT molecular complexity index is 1180. The summed E-state index contributed by atoms with van der Waals surface area (Å²) in [5.41, 5.74) is -0.406. The van der Waals surface area contributed by atoms with E-state index < -0.39 is 27.7 Å². The predicted molar refractivity (Wildman–Crippen MR) is 122 cm³/mol. The third-order valence-electron chi connectivity index (χ3n) is 4.57. The highest BCUT2D eigenvalue weighted by Crippen LogP contribution is 2.42. The van der Waals surface area contributed by atoms with Gasteiger partial charge in [0.15, 0.2) is 11.5 Å². The number of esters is 1. The number of para-hydroxylation sites is 2. The van der Waals surface area contributed by atoms with Crippen molar-refractivity contribution in [2.45, 2.75) is 6.92 Å². The van der Waals surface area contributed by atoms with E-state index in [0.717, 1.165) is 11.8 Å². The van der Waals surface area contributed by atoms with Crippen LogP contribution in [-0.2, 0) is 9.59 Å². The summed E-state index contributed by atoms with van der Waals surface area (Å²) in [4.78, 5) is 48.4. The summed E-state index contributed by atoms with van der Waals surface area (Å²) in [5.74, 6) is -0.843. The molecule has 0 radical (unpaired) electrons. The van der Waals surface area contributed by atoms with E-state index in [1.807, 2.05) is 0 Å². The number of methoxy groups -OCH3 is 2. The average molecular weight is 488 g/mol. The first-order chi connectivity index (χ1) is 16.3. The summed E-state index contributed by atoms with van der Waals surface area (Å²) < 4.78 is 20.9. The van der Waals surface area contributed by atoms with Crippen molar-refractivity contribution in [1.29, 1.82) is 0 Å². The number of benzene rings is 2. The minimum atomic E-state index is -0.755. The van der Waals surface area contributed by atoms with E-state index in [9.17, 15) is 24.5 Å². The lowest BCUT2D eigenvalue weighted by Crippen LogP contribution is -2.32. The maximum atomic E-state index is 12.8. The molecule has 11 nitrogen and oxygen atoms in total. The first-order valence-corrected chi connectivity index (χ1v) is 10.6. The monoisotopic (exact) mass is 488 g/mol. The smallest absolute Gasteiger partial charge is 0.353 e. The quantitative estimate of drug-likeness (QED) is 0.169. The molecule has 2 aromatic rings. The number of carbonyl (C=O) groups is 3. The minimum absolute atomic E-state index is 0.0112. The summed E-state index contributed by atoms with van der Waals surface area (Å²) in [5, 5.41) is 11.1. The predicted octanol–water partition coefficient (Wildman–Crippen LogP) is 3.65. The van der Waals surface area contributed by atoms with Gasteiger partial charge in [-0.15, -0.1) is 0 Å². The van der Waals surface area contributed by atoms with Crippen LogP contribution in [0.15, 0.2) is 41.3 Å². The van der Waals surface area contributed by atoms with Crippen molar-refractivity contribution in [2.24, 2.45) is 0 Å². The van der Waals surface area contributed by atoms with Gasteiger partial charge >= 0.3 is 11.7 Å². The molecule has 12 heteroatoms. The van der Waals surface area contributed by atoms with Crippen LogP contribution in [0.5, 0.6) is 23.0 Å². The zero-order valence-corrected chi connectivity index (χ0v) is 19.2. The molecule has 0 aliphatic carbocycles. The number of nitrogens with zero attached hydrogens (tertiary/aromatic N) is 2. The van der Waals surface area contributed by atoms with Gasteiger partial charge in [-0.05, 0) is 42.1 Å². The van der Waals surface area contributed by atoms with Gasteiger partial charge in [0.1, 0.15) is 6.61 Å². The largest absolute Gasteiger partial charge is 0.493 e. The molecule has 1 aliphatic rings. The lowest BCUT2D eigenvalue weighted by molar-refractivity contribution is -0.386. The molecular weight excluding hydrogens is 468 g/mol. The Hall–Kier alpha value is -4.06. The van der Waals surface area contributed by atoms with E-state index >= 15 is 0 Å². The Morgan fingerprint density at radius 2 is 1.79 bits per heavy atom. The van der Waals surface area contributed by atoms with Crippen LogP contribution in [0, 0.1) is 10.1 Å². The number of imide groups is 1. The minimum Gasteiger partial charge on any atom is -0.493 e. The fraction of sp³-hybridized carbons (Fsp3) is 0.227. The van der Waals surface area contributed by atoms with E-state index in [1.165, 1.54) is 32.4 Å². The Labute approximate surface area is 198 Å². The summed E-state index contributed by atoms with van der Waals surface area (Å²) in [6.07, 6.45) is 1.31. The summed E-state index contributed by atoms with van der Waals surface area (Å²) in [7, 11) is 2.71. The third-order valence-corrected chi connectivity index (χ3v) is 5.47. The van der Waals surface area contributed by atoms with Gasteiger partial charge in [0.25, 0.3) is 11.1 Å². The van der Waals surface area contributed by atoms with Gasteiger partial charge in [-0.25, -0.2) is 0 Å². The standard InChI is InChI=1S/C22H20N2O9S/c1-13(25)33-17-9-8-14(20(31-3)19(17)24(28)29)12-18-21(26)23(22(27)34-18)10-11-32-16-7-5-4-6-15(16)30-2/h4-9,12H,10-11H2,1-3H3/b18-12-. The van der Waals surface area contributed by atoms with E-state index in [0.29, 0.717) is 23.3 Å². The molecule has 0 spiro atoms. The number of hydrogen-bond donors (Lipinski definition) is 0. The zero-order chi connectivity index (χ0) is 24.8. The zero-order valence-electron chi connectivity index (χ0n) is 18.4. The van der Waals surface area contributed by atoms with E-state index in [4.69, 9.17) is 18.9 Å². The number of thioether (sulfide) groups is 1. The topological polar surface area (TPSA) is 135 Å². The molecule has 3 rings (SSSR count). The van der Waals surface area contributed by atoms with Crippen molar-refractivity contribution in [1.82, 2.24) is 4.90 Å². The molecule has 2 aromatic carbocycles. The van der Waals surface area contributed by atoms with Gasteiger partial charge in [-0.2, -0.15) is 0 Å². The Balaban J connectivity index is 1.81. The maximum absolute atomic E-state index is 12.8. The normalized spacial score (nSPS) is 14.3. The molecule has 0 aromatic heterocycles. The van der Waals surface area contributed by atoms with Crippen molar-refractivity contribution < 1.29 is 38.3 Å². The summed E-state index contributed by atoms with van der Waals surface area (Å²) in [6, 6.07) is 9.58. The highest BCUT2D eigenvalue weighted by atomic mass is 32.2. The van der Waals surface area contributed by atoms with Crippen molar-refractivity contribution in [2.75, 3.05) is 27.4 Å². The lowest BCUT2D eigenvalue weighted by atomic mass is 10.1. The summed E-state index contributed by atoms with van der Waals surface area (Å²) >= 11 is 0.686. The Morgan fingerprint density at radius 1 is 1.09 bits per heavy atom. The second-order valence-electron chi connectivity index (χ2n) is 6.72. The third kappa shape index (κ3) is 5.29. The van der Waals surface area contributed by atoms with Crippen LogP contribution in [0.3, 0.4) is 0 Å². The van der Waals surface area contributed by atoms with Crippen LogP contribution in [-0.4, -0.2) is 54.3 Å². The highest BCUT2D eigenvalue weighted by Gasteiger charge is 2.36. The van der Waals surface area contributed by atoms with Gasteiger partial charge in [-0.1, -0.05) is 12.1 Å². The van der Waals surface area contributed by atoms with Crippen LogP contribution >= 0.6 is 11.8 Å². The number of ether oxygens (including phenoxy) is 4. The van der Waals surface area contributed by atoms with E-state index in [2.05, 4.69) is 0 Å². The number of nitro groups is 1. The first-order valence-electron chi connectivity index (χ1n) is 9.81. The number of rotatable bonds is 9. The molecule has 1 saturated heterocycles. The lowest BCUT2D eigenvalue weighted by Gasteiger charge is -2.14. The molecule has 0 atom stereocenters. The van der Waals surface area contributed by atoms with Crippen molar-refractivity contribution in [3.05, 3.63) is 57.0 Å². The first kappa shape index (κ1) is 24.6. The molecule has 1 fully saturated rings. The van der Waals surface area contributed by atoms with Crippen molar-refractivity contribution in [3.8, 4) is 23.0 Å². The second kappa shape index (κ2) is 10.7. The maximum Gasteiger partial charge on any atom is 0.353 e. The number of carbonyl (C=O) groups excluding carboxylic acids is 3. The SMILES string of the molecule is COc1ccccc1OCCN1C(=O)S/C(=C\c2ccc(OC(C)=O)c([N+](=O)[O-])c2OC)C1=O. The van der Waals surface area contributed by atoms with Gasteiger partial charge in [-0.3, -0.25) is 29.4 Å². The van der Waals surface area contributed by atoms with Crippen LogP contribution in [0.25, 0.3) is 6.08 Å². The van der Waals surface area contributed by atoms with Gasteiger partial charge in [0, 0.05) is 12.5 Å². The highest BCUT2D eigenvalue weighted by molar-refractivity contribution is 8.18. The second-order valence-corrected chi connectivity index (χ2v) is 7.71. The van der Waals surface area contributed by atoms with E-state index in [1.54, 1.807) is 24.3 Å². The molecule has 0 N–H and O–H groups in total. The number of hydrogen-bond acceptors (Lipinski definition) is 10. The molecule has 34 heavy (non-hydrogen) atoms. The molecule has 178 valence electrons. The molecule has 0 saturated carbocycles. The fourth-order valence-electron chi connectivity index (χ4n) is 3.13. The van der Waals surface area contributed by atoms with Gasteiger partial charge < -0.3 is 18.9 Å². The average Bonchev–Trinajstić information content (AvgIpc) is 3.06. The Kier molecular flexibility index (Phi) is 7.74. The molecule has 0 bridgehead atoms. The van der Waals surface area contributed by atoms with Crippen LogP contribution < -0.4 is 18.9 Å². The number of nitro benzene ring substituents is 1.